The van der Waals surface area contributed by atoms with Crippen LogP contribution in [0.3, 0.4) is 0 Å². The van der Waals surface area contributed by atoms with E-state index in [9.17, 15) is 5.11 Å². The van der Waals surface area contributed by atoms with Gasteiger partial charge in [-0.3, -0.25) is 0 Å². The van der Waals surface area contributed by atoms with Crippen LogP contribution in [0.2, 0.25) is 0 Å². The van der Waals surface area contributed by atoms with Crippen molar-refractivity contribution in [2.24, 2.45) is 0 Å². The van der Waals surface area contributed by atoms with Crippen molar-refractivity contribution in [3.63, 3.8) is 0 Å². The molecule has 0 bridgehead atoms. The maximum atomic E-state index is 9.45. The molecular weight excluding hydrogens is 248 g/mol. The van der Waals surface area contributed by atoms with Crippen LogP contribution < -0.4 is 0 Å². The Morgan fingerprint density at radius 3 is 2.35 bits per heavy atom. The summed E-state index contributed by atoms with van der Waals surface area (Å²) in [5.41, 5.74) is 5.44. The SMILES string of the molecule is OCC1CC2c3ccccc3Cc3ccccc3C2O1. The zero-order valence-electron chi connectivity index (χ0n) is 11.3. The van der Waals surface area contributed by atoms with E-state index < -0.39 is 0 Å². The van der Waals surface area contributed by atoms with Gasteiger partial charge in [0.1, 0.15) is 0 Å². The van der Waals surface area contributed by atoms with E-state index in [4.69, 9.17) is 4.74 Å². The molecule has 2 heteroatoms. The fourth-order valence-corrected chi connectivity index (χ4v) is 3.70. The van der Waals surface area contributed by atoms with Crippen LogP contribution in [0.5, 0.6) is 0 Å². The summed E-state index contributed by atoms with van der Waals surface area (Å²) in [7, 11) is 0. The predicted octanol–water partition coefficient (Wildman–Crippen LogP) is 3.20. The van der Waals surface area contributed by atoms with Crippen molar-refractivity contribution in [2.75, 3.05) is 6.61 Å². The van der Waals surface area contributed by atoms with Crippen molar-refractivity contribution < 1.29 is 9.84 Å². The van der Waals surface area contributed by atoms with Crippen molar-refractivity contribution in [3.8, 4) is 0 Å². The largest absolute Gasteiger partial charge is 0.394 e. The second kappa shape index (κ2) is 4.72. The molecule has 1 N–H and O–H groups in total. The molecule has 1 saturated heterocycles. The van der Waals surface area contributed by atoms with Crippen molar-refractivity contribution >= 4 is 0 Å². The zero-order chi connectivity index (χ0) is 13.5. The van der Waals surface area contributed by atoms with E-state index in [1.165, 1.54) is 22.3 Å². The van der Waals surface area contributed by atoms with Crippen molar-refractivity contribution in [2.45, 2.75) is 31.0 Å². The van der Waals surface area contributed by atoms with Crippen LogP contribution in [0.1, 0.15) is 40.7 Å². The van der Waals surface area contributed by atoms with Gasteiger partial charge in [-0.2, -0.15) is 0 Å². The van der Waals surface area contributed by atoms with E-state index >= 15 is 0 Å². The quantitative estimate of drug-likeness (QED) is 0.859. The average molecular weight is 266 g/mol. The van der Waals surface area contributed by atoms with Gasteiger partial charge in [0.15, 0.2) is 0 Å². The average Bonchev–Trinajstić information content (AvgIpc) is 2.87. The Kier molecular flexibility index (Phi) is 2.86. The molecule has 20 heavy (non-hydrogen) atoms. The summed E-state index contributed by atoms with van der Waals surface area (Å²) in [6.45, 7) is 0.108. The molecule has 2 aromatic rings. The molecule has 4 rings (SSSR count). The molecular formula is C18H18O2. The molecule has 0 saturated carbocycles. The number of ether oxygens (including phenoxy) is 1. The van der Waals surface area contributed by atoms with Gasteiger partial charge in [-0.25, -0.2) is 0 Å². The lowest BCUT2D eigenvalue weighted by Crippen LogP contribution is -2.11. The van der Waals surface area contributed by atoms with Crippen LogP contribution in [-0.2, 0) is 11.2 Å². The molecule has 2 aromatic carbocycles. The molecule has 2 aliphatic rings. The second-order valence-electron chi connectivity index (χ2n) is 5.78. The Hall–Kier alpha value is -1.64. The van der Waals surface area contributed by atoms with Crippen LogP contribution >= 0.6 is 0 Å². The third-order valence-corrected chi connectivity index (χ3v) is 4.62. The highest BCUT2D eigenvalue weighted by molar-refractivity contribution is 5.45. The Bertz CT molecular complexity index is 581. The number of hydrogen-bond donors (Lipinski definition) is 1. The lowest BCUT2D eigenvalue weighted by atomic mass is 9.87. The predicted molar refractivity (Wildman–Crippen MR) is 77.7 cm³/mol. The van der Waals surface area contributed by atoms with Gasteiger partial charge in [-0.15, -0.1) is 0 Å². The van der Waals surface area contributed by atoms with Gasteiger partial charge >= 0.3 is 0 Å². The van der Waals surface area contributed by atoms with Crippen molar-refractivity contribution in [1.29, 1.82) is 0 Å². The van der Waals surface area contributed by atoms with Gasteiger partial charge in [0.2, 0.25) is 0 Å². The number of fused-ring (bicyclic) bond motifs is 5. The topological polar surface area (TPSA) is 29.5 Å². The smallest absolute Gasteiger partial charge is 0.0902 e. The molecule has 1 aliphatic carbocycles. The summed E-state index contributed by atoms with van der Waals surface area (Å²) in [4.78, 5) is 0. The van der Waals surface area contributed by atoms with Gasteiger partial charge in [-0.1, -0.05) is 48.5 Å². The summed E-state index contributed by atoms with van der Waals surface area (Å²) in [6.07, 6.45) is 1.94. The molecule has 0 radical (unpaired) electrons. The summed E-state index contributed by atoms with van der Waals surface area (Å²) in [6, 6.07) is 17.2. The minimum atomic E-state index is -0.0378. The Morgan fingerprint density at radius 2 is 1.60 bits per heavy atom. The minimum absolute atomic E-state index is 0.0378. The number of rotatable bonds is 1. The van der Waals surface area contributed by atoms with Gasteiger partial charge in [-0.05, 0) is 35.1 Å². The molecule has 3 atom stereocenters. The summed E-state index contributed by atoms with van der Waals surface area (Å²) in [5.74, 6) is 0.368. The number of aliphatic hydroxyl groups excluding tert-OH is 1. The lowest BCUT2D eigenvalue weighted by Gasteiger charge is -2.19. The molecule has 1 fully saturated rings. The van der Waals surface area contributed by atoms with E-state index in [0.717, 1.165) is 12.8 Å². The maximum absolute atomic E-state index is 9.45. The Morgan fingerprint density at radius 1 is 0.950 bits per heavy atom. The highest BCUT2D eigenvalue weighted by Crippen LogP contribution is 2.48. The van der Waals surface area contributed by atoms with Crippen LogP contribution in [0.25, 0.3) is 0 Å². The van der Waals surface area contributed by atoms with Gasteiger partial charge in [0.05, 0.1) is 18.8 Å². The van der Waals surface area contributed by atoms with Crippen LogP contribution in [0.15, 0.2) is 48.5 Å². The lowest BCUT2D eigenvalue weighted by molar-refractivity contribution is 0.00841. The first-order chi connectivity index (χ1) is 9.86. The van der Waals surface area contributed by atoms with E-state index in [2.05, 4.69) is 48.5 Å². The zero-order valence-corrected chi connectivity index (χ0v) is 11.3. The number of hydrogen-bond acceptors (Lipinski definition) is 2. The molecule has 1 heterocycles. The van der Waals surface area contributed by atoms with Gasteiger partial charge in [0, 0.05) is 5.92 Å². The third-order valence-electron chi connectivity index (χ3n) is 4.62. The van der Waals surface area contributed by atoms with E-state index in [1.807, 2.05) is 0 Å². The summed E-state index contributed by atoms with van der Waals surface area (Å²) < 4.78 is 6.13. The molecule has 0 aromatic heterocycles. The maximum Gasteiger partial charge on any atom is 0.0902 e. The van der Waals surface area contributed by atoms with E-state index in [0.29, 0.717) is 5.92 Å². The Labute approximate surface area is 119 Å². The first-order valence-corrected chi connectivity index (χ1v) is 7.28. The molecule has 2 nitrogen and oxygen atoms in total. The monoisotopic (exact) mass is 266 g/mol. The van der Waals surface area contributed by atoms with Crippen LogP contribution in [0, 0.1) is 0 Å². The Balaban J connectivity index is 1.89. The number of aliphatic hydroxyl groups is 1. The van der Waals surface area contributed by atoms with Crippen LogP contribution in [0.4, 0.5) is 0 Å². The molecule has 3 unspecified atom stereocenters. The standard InChI is InChI=1S/C18H18O2/c19-11-14-10-17-15-7-3-1-5-12(15)9-13-6-2-4-8-16(13)18(17)20-14/h1-8,14,17-19H,9-11H2. The summed E-state index contributed by atoms with van der Waals surface area (Å²) in [5, 5.41) is 9.45. The first-order valence-electron chi connectivity index (χ1n) is 7.28. The molecule has 0 amide bonds. The fourth-order valence-electron chi connectivity index (χ4n) is 3.70. The first kappa shape index (κ1) is 12.1. The van der Waals surface area contributed by atoms with Crippen molar-refractivity contribution in [1.82, 2.24) is 0 Å². The normalized spacial score (nSPS) is 27.4. The molecule has 1 aliphatic heterocycles. The number of benzene rings is 2. The van der Waals surface area contributed by atoms with Crippen molar-refractivity contribution in [3.05, 3.63) is 70.8 Å². The van der Waals surface area contributed by atoms with Gasteiger partial charge in [0.25, 0.3) is 0 Å². The third kappa shape index (κ3) is 1.80. The highest BCUT2D eigenvalue weighted by Gasteiger charge is 2.40. The van der Waals surface area contributed by atoms with E-state index in [1.54, 1.807) is 0 Å². The van der Waals surface area contributed by atoms with Crippen LogP contribution in [-0.4, -0.2) is 17.8 Å². The molecule has 0 spiro atoms. The summed E-state index contributed by atoms with van der Waals surface area (Å²) >= 11 is 0. The minimum Gasteiger partial charge on any atom is -0.394 e. The highest BCUT2D eigenvalue weighted by atomic mass is 16.5. The van der Waals surface area contributed by atoms with Gasteiger partial charge < -0.3 is 9.84 Å². The second-order valence-corrected chi connectivity index (χ2v) is 5.78. The molecule has 102 valence electrons. The fraction of sp³-hybridized carbons (Fsp3) is 0.333. The van der Waals surface area contributed by atoms with E-state index in [-0.39, 0.29) is 18.8 Å².